The van der Waals surface area contributed by atoms with E-state index in [4.69, 9.17) is 0 Å². The Hall–Kier alpha value is -1.09. The minimum atomic E-state index is 0.515. The highest BCUT2D eigenvalue weighted by Crippen LogP contribution is 2.14. The summed E-state index contributed by atoms with van der Waals surface area (Å²) in [4.78, 5) is 4.58. The molecule has 0 aromatic carbocycles. The van der Waals surface area contributed by atoms with E-state index in [2.05, 4.69) is 54.9 Å². The summed E-state index contributed by atoms with van der Waals surface area (Å²) < 4.78 is 0. The van der Waals surface area contributed by atoms with Crippen LogP contribution in [0.2, 0.25) is 0 Å². The van der Waals surface area contributed by atoms with Crippen LogP contribution >= 0.6 is 0 Å². The van der Waals surface area contributed by atoms with Gasteiger partial charge in [0.05, 0.1) is 0 Å². The van der Waals surface area contributed by atoms with Crippen LogP contribution in [-0.2, 0) is 0 Å². The first-order valence-electron chi connectivity index (χ1n) is 6.93. The van der Waals surface area contributed by atoms with Crippen molar-refractivity contribution in [1.82, 2.24) is 10.6 Å². The average molecular weight is 249 g/mol. The summed E-state index contributed by atoms with van der Waals surface area (Å²) in [5, 5.41) is 6.71. The van der Waals surface area contributed by atoms with E-state index < -0.39 is 0 Å². The number of nitrogens with zero attached hydrogens (tertiary/aromatic N) is 1. The predicted molar refractivity (Wildman–Crippen MR) is 80.1 cm³/mol. The lowest BCUT2D eigenvalue weighted by molar-refractivity contribution is 0.490. The molecule has 0 spiro atoms. The van der Waals surface area contributed by atoms with E-state index in [9.17, 15) is 0 Å². The molecule has 1 aliphatic heterocycles. The number of hydrogen-bond acceptors (Lipinski definition) is 3. The fourth-order valence-electron chi connectivity index (χ4n) is 2.15. The number of hydrogen-bond donors (Lipinski definition) is 2. The van der Waals surface area contributed by atoms with Crippen LogP contribution < -0.4 is 10.6 Å². The largest absolute Gasteiger partial charge is 0.391 e. The van der Waals surface area contributed by atoms with E-state index in [1.807, 2.05) is 7.05 Å². The summed E-state index contributed by atoms with van der Waals surface area (Å²) in [6.45, 7) is 8.50. The van der Waals surface area contributed by atoms with Gasteiger partial charge in [0.25, 0.3) is 0 Å². The summed E-state index contributed by atoms with van der Waals surface area (Å²) in [5.74, 6) is 0.515. The maximum Gasteiger partial charge on any atom is 0.0404 e. The van der Waals surface area contributed by atoms with E-state index in [-0.39, 0.29) is 0 Å². The second kappa shape index (κ2) is 8.09. The number of rotatable bonds is 2. The quantitative estimate of drug-likeness (QED) is 0.789. The Bertz CT molecular complexity index is 327. The van der Waals surface area contributed by atoms with Crippen LogP contribution in [0.25, 0.3) is 0 Å². The minimum Gasteiger partial charge on any atom is -0.391 e. The highest BCUT2D eigenvalue weighted by molar-refractivity contribution is 5.80. The van der Waals surface area contributed by atoms with Gasteiger partial charge in [-0.05, 0) is 56.2 Å². The molecule has 1 heterocycles. The van der Waals surface area contributed by atoms with Gasteiger partial charge in [0, 0.05) is 25.3 Å². The van der Waals surface area contributed by atoms with Crippen molar-refractivity contribution in [2.24, 2.45) is 10.9 Å². The standard InChI is InChI=1S/C15H27N3/c1-12(2)15-11-18-10-7-14(16-4)6-9-17-8-5-13(15)3/h5,8,11-12,14,16-17H,6-7,9-10H2,1-4H3/b8-5+,15-13+,18-11?. The lowest BCUT2D eigenvalue weighted by Gasteiger charge is -2.16. The molecule has 3 heteroatoms. The molecule has 1 rings (SSSR count). The van der Waals surface area contributed by atoms with Gasteiger partial charge in [-0.25, -0.2) is 0 Å². The summed E-state index contributed by atoms with van der Waals surface area (Å²) in [7, 11) is 2.03. The van der Waals surface area contributed by atoms with E-state index in [0.717, 1.165) is 25.9 Å². The molecule has 0 bridgehead atoms. The van der Waals surface area contributed by atoms with Gasteiger partial charge in [0.15, 0.2) is 0 Å². The molecule has 1 atom stereocenters. The summed E-state index contributed by atoms with van der Waals surface area (Å²) >= 11 is 0. The van der Waals surface area contributed by atoms with E-state index in [1.54, 1.807) is 0 Å². The zero-order valence-corrected chi connectivity index (χ0v) is 12.2. The second-order valence-electron chi connectivity index (χ2n) is 5.18. The van der Waals surface area contributed by atoms with Crippen molar-refractivity contribution in [3.05, 3.63) is 23.4 Å². The number of allylic oxidation sites excluding steroid dienone is 3. The van der Waals surface area contributed by atoms with E-state index in [0.29, 0.717) is 12.0 Å². The predicted octanol–water partition coefficient (Wildman–Crippen LogP) is 2.51. The molecule has 3 nitrogen and oxygen atoms in total. The summed E-state index contributed by atoms with van der Waals surface area (Å²) in [6, 6.07) is 0.551. The van der Waals surface area contributed by atoms with Crippen LogP contribution in [-0.4, -0.2) is 32.4 Å². The van der Waals surface area contributed by atoms with Gasteiger partial charge in [-0.15, -0.1) is 0 Å². The van der Waals surface area contributed by atoms with Crippen LogP contribution in [0.4, 0.5) is 0 Å². The normalized spacial score (nSPS) is 28.4. The monoisotopic (exact) mass is 249 g/mol. The van der Waals surface area contributed by atoms with Gasteiger partial charge in [0.1, 0.15) is 0 Å². The van der Waals surface area contributed by atoms with Gasteiger partial charge in [-0.2, -0.15) is 0 Å². The fourth-order valence-corrected chi connectivity index (χ4v) is 2.15. The highest BCUT2D eigenvalue weighted by atomic mass is 14.9. The molecule has 18 heavy (non-hydrogen) atoms. The van der Waals surface area contributed by atoms with Crippen LogP contribution in [0, 0.1) is 5.92 Å². The Labute approximate surface area is 111 Å². The summed E-state index contributed by atoms with van der Waals surface area (Å²) in [5.41, 5.74) is 2.63. The van der Waals surface area contributed by atoms with Crippen molar-refractivity contribution in [3.63, 3.8) is 0 Å². The molecule has 102 valence electrons. The van der Waals surface area contributed by atoms with Crippen molar-refractivity contribution in [2.75, 3.05) is 20.1 Å². The molecule has 0 aliphatic carbocycles. The molecule has 0 radical (unpaired) electrons. The SMILES string of the molecule is CNC1CCN=C/C(C(C)C)=C(C)\C=C\NCC1. The third-order valence-corrected chi connectivity index (χ3v) is 3.41. The lowest BCUT2D eigenvalue weighted by Crippen LogP contribution is -2.29. The molecule has 0 fully saturated rings. The third-order valence-electron chi connectivity index (χ3n) is 3.41. The smallest absolute Gasteiger partial charge is 0.0404 e. The Morgan fingerprint density at radius 2 is 2.17 bits per heavy atom. The Morgan fingerprint density at radius 3 is 2.83 bits per heavy atom. The zero-order chi connectivity index (χ0) is 13.4. The van der Waals surface area contributed by atoms with Gasteiger partial charge >= 0.3 is 0 Å². The van der Waals surface area contributed by atoms with Crippen molar-refractivity contribution in [3.8, 4) is 0 Å². The molecule has 2 N–H and O–H groups in total. The van der Waals surface area contributed by atoms with Crippen molar-refractivity contribution in [1.29, 1.82) is 0 Å². The molecule has 0 saturated heterocycles. The fraction of sp³-hybridized carbons (Fsp3) is 0.667. The van der Waals surface area contributed by atoms with Crippen molar-refractivity contribution in [2.45, 2.75) is 39.7 Å². The Morgan fingerprint density at radius 1 is 1.39 bits per heavy atom. The van der Waals surface area contributed by atoms with Gasteiger partial charge < -0.3 is 10.6 Å². The first kappa shape index (κ1) is 15.0. The third kappa shape index (κ3) is 5.05. The van der Waals surface area contributed by atoms with E-state index in [1.165, 1.54) is 11.1 Å². The van der Waals surface area contributed by atoms with Crippen LogP contribution in [0.3, 0.4) is 0 Å². The van der Waals surface area contributed by atoms with Crippen LogP contribution in [0.15, 0.2) is 28.4 Å². The maximum absolute atomic E-state index is 4.58. The summed E-state index contributed by atoms with van der Waals surface area (Å²) in [6.07, 6.45) is 8.49. The number of nitrogens with one attached hydrogen (secondary N) is 2. The first-order valence-corrected chi connectivity index (χ1v) is 6.93. The topological polar surface area (TPSA) is 36.4 Å². The molecule has 0 aromatic rings. The molecular weight excluding hydrogens is 222 g/mol. The highest BCUT2D eigenvalue weighted by Gasteiger charge is 2.06. The molecule has 0 aromatic heterocycles. The molecular formula is C15H27N3. The zero-order valence-electron chi connectivity index (χ0n) is 12.2. The lowest BCUT2D eigenvalue weighted by atomic mass is 9.99. The first-order chi connectivity index (χ1) is 8.65. The Balaban J connectivity index is 2.81. The van der Waals surface area contributed by atoms with E-state index >= 15 is 0 Å². The molecule has 0 amide bonds. The van der Waals surface area contributed by atoms with Crippen LogP contribution in [0.1, 0.15) is 33.6 Å². The van der Waals surface area contributed by atoms with Crippen LogP contribution in [0.5, 0.6) is 0 Å². The minimum absolute atomic E-state index is 0.515. The van der Waals surface area contributed by atoms with Crippen molar-refractivity contribution >= 4 is 6.21 Å². The Kier molecular flexibility index (Phi) is 6.73. The molecule has 0 saturated carbocycles. The van der Waals surface area contributed by atoms with Crippen molar-refractivity contribution < 1.29 is 0 Å². The maximum atomic E-state index is 4.58. The molecule has 1 unspecified atom stereocenters. The van der Waals surface area contributed by atoms with Gasteiger partial charge in [-0.1, -0.05) is 13.8 Å². The van der Waals surface area contributed by atoms with Gasteiger partial charge in [0.2, 0.25) is 0 Å². The second-order valence-corrected chi connectivity index (χ2v) is 5.18. The molecule has 1 aliphatic rings. The van der Waals surface area contributed by atoms with Gasteiger partial charge in [-0.3, -0.25) is 4.99 Å². The number of aliphatic imine (C=N–C) groups is 1. The average Bonchev–Trinajstić information content (AvgIpc) is 2.33.